The number of alkyl halides is 1. The number of aromatic nitrogens is 4. The van der Waals surface area contributed by atoms with Crippen molar-refractivity contribution in [2.75, 3.05) is 7.11 Å². The molecule has 0 saturated heterocycles. The van der Waals surface area contributed by atoms with Gasteiger partial charge in [-0.1, -0.05) is 11.6 Å². The number of tetrazole rings is 1. The van der Waals surface area contributed by atoms with Gasteiger partial charge in [-0.3, -0.25) is 0 Å². The van der Waals surface area contributed by atoms with Gasteiger partial charge >= 0.3 is 0 Å². The molecule has 0 bridgehead atoms. The van der Waals surface area contributed by atoms with Crippen molar-refractivity contribution < 1.29 is 9.47 Å². The van der Waals surface area contributed by atoms with Crippen LogP contribution in [0.25, 0.3) is 0 Å². The highest BCUT2D eigenvalue weighted by molar-refractivity contribution is 6.31. The van der Waals surface area contributed by atoms with Crippen molar-refractivity contribution >= 4 is 23.2 Å². The molecule has 2 aromatic rings. The molecule has 0 atom stereocenters. The number of benzene rings is 1. The van der Waals surface area contributed by atoms with Crippen LogP contribution in [-0.4, -0.2) is 27.3 Å². The normalized spacial score (nSPS) is 10.5. The minimum absolute atomic E-state index is 0.176. The molecule has 0 aliphatic rings. The number of nitrogens with zero attached hydrogens (tertiary/aromatic N) is 4. The van der Waals surface area contributed by atoms with Gasteiger partial charge in [-0.15, -0.1) is 21.8 Å². The van der Waals surface area contributed by atoms with Gasteiger partial charge in [0, 0.05) is 16.7 Å². The highest BCUT2D eigenvalue weighted by Gasteiger charge is 2.13. The second-order valence-corrected chi connectivity index (χ2v) is 4.42. The summed E-state index contributed by atoms with van der Waals surface area (Å²) < 4.78 is 10.9. The Morgan fingerprint density at radius 2 is 2.16 bits per heavy atom. The summed E-state index contributed by atoms with van der Waals surface area (Å²) in [7, 11) is 3.22. The highest BCUT2D eigenvalue weighted by Crippen LogP contribution is 2.35. The maximum absolute atomic E-state index is 5.97. The highest BCUT2D eigenvalue weighted by atomic mass is 35.5. The number of rotatable bonds is 5. The van der Waals surface area contributed by atoms with Crippen LogP contribution < -0.4 is 9.47 Å². The van der Waals surface area contributed by atoms with E-state index in [1.165, 1.54) is 11.9 Å². The van der Waals surface area contributed by atoms with E-state index in [9.17, 15) is 0 Å². The zero-order valence-electron chi connectivity index (χ0n) is 10.4. The molecule has 6 nitrogen and oxygen atoms in total. The summed E-state index contributed by atoms with van der Waals surface area (Å²) in [6.45, 7) is 0.176. The number of hydrogen-bond acceptors (Lipinski definition) is 5. The first-order chi connectivity index (χ1) is 9.13. The molecular formula is C11H12Cl2N4O2. The van der Waals surface area contributed by atoms with Crippen molar-refractivity contribution in [3.05, 3.63) is 28.5 Å². The fourth-order valence-corrected chi connectivity index (χ4v) is 1.98. The molecule has 2 rings (SSSR count). The molecule has 102 valence electrons. The molecule has 8 heteroatoms. The van der Waals surface area contributed by atoms with Gasteiger partial charge in [-0.05, 0) is 11.3 Å². The first kappa shape index (κ1) is 13.9. The van der Waals surface area contributed by atoms with E-state index < -0.39 is 0 Å². The van der Waals surface area contributed by atoms with Crippen molar-refractivity contribution in [2.24, 2.45) is 7.05 Å². The molecule has 0 spiro atoms. The van der Waals surface area contributed by atoms with Gasteiger partial charge in [0.2, 0.25) is 5.82 Å². The Balaban J connectivity index is 2.23. The van der Waals surface area contributed by atoms with Gasteiger partial charge in [0.1, 0.15) is 0 Å². The second-order valence-electron chi connectivity index (χ2n) is 3.71. The number of aryl methyl sites for hydroxylation is 1. The Morgan fingerprint density at radius 3 is 2.74 bits per heavy atom. The standard InChI is InChI=1S/C11H12Cl2N4O2/c1-17-15-10(14-16-17)6-19-11-7(5-12)3-8(13)4-9(11)18-2/h3-4H,5-6H2,1-2H3. The van der Waals surface area contributed by atoms with E-state index in [1.807, 2.05) is 0 Å². The van der Waals surface area contributed by atoms with Crippen LogP contribution in [0.1, 0.15) is 11.4 Å². The predicted octanol–water partition coefficient (Wildman–Crippen LogP) is 2.19. The molecule has 0 N–H and O–H groups in total. The molecule has 1 aromatic heterocycles. The Bertz CT molecular complexity index is 549. The number of ether oxygens (including phenoxy) is 2. The van der Waals surface area contributed by atoms with Gasteiger partial charge in [0.25, 0.3) is 0 Å². The summed E-state index contributed by atoms with van der Waals surface area (Å²) in [5.74, 6) is 1.79. The van der Waals surface area contributed by atoms with E-state index in [0.717, 1.165) is 5.56 Å². The third-order valence-electron chi connectivity index (χ3n) is 2.36. The first-order valence-electron chi connectivity index (χ1n) is 5.42. The lowest BCUT2D eigenvalue weighted by atomic mass is 10.2. The van der Waals surface area contributed by atoms with Crippen LogP contribution in [0.2, 0.25) is 5.02 Å². The van der Waals surface area contributed by atoms with E-state index in [2.05, 4.69) is 15.4 Å². The lowest BCUT2D eigenvalue weighted by molar-refractivity contribution is 0.274. The number of methoxy groups -OCH3 is 1. The average molecular weight is 303 g/mol. The van der Waals surface area contributed by atoms with Crippen LogP contribution in [0, 0.1) is 0 Å². The summed E-state index contributed by atoms with van der Waals surface area (Å²) >= 11 is 11.8. The first-order valence-corrected chi connectivity index (χ1v) is 6.33. The second kappa shape index (κ2) is 6.08. The topological polar surface area (TPSA) is 62.1 Å². The Labute approximate surface area is 120 Å². The van der Waals surface area contributed by atoms with Crippen molar-refractivity contribution in [2.45, 2.75) is 12.5 Å². The lowest BCUT2D eigenvalue weighted by Crippen LogP contribution is -2.02. The van der Waals surface area contributed by atoms with Crippen LogP contribution in [0.5, 0.6) is 11.5 Å². The summed E-state index contributed by atoms with van der Waals surface area (Å²) in [6, 6.07) is 3.40. The molecule has 1 heterocycles. The average Bonchev–Trinajstić information content (AvgIpc) is 2.81. The van der Waals surface area contributed by atoms with E-state index >= 15 is 0 Å². The summed E-state index contributed by atoms with van der Waals surface area (Å²) in [6.07, 6.45) is 0. The summed E-state index contributed by atoms with van der Waals surface area (Å²) in [5.41, 5.74) is 0.745. The van der Waals surface area contributed by atoms with Crippen molar-refractivity contribution in [3.8, 4) is 11.5 Å². The molecule has 0 unspecified atom stereocenters. The van der Waals surface area contributed by atoms with Crippen LogP contribution in [0.3, 0.4) is 0 Å². The zero-order chi connectivity index (χ0) is 13.8. The molecule has 0 aliphatic carbocycles. The van der Waals surface area contributed by atoms with Crippen LogP contribution in [-0.2, 0) is 19.5 Å². The SMILES string of the molecule is COc1cc(Cl)cc(CCl)c1OCc1nnn(C)n1. The van der Waals surface area contributed by atoms with Gasteiger partial charge in [0.15, 0.2) is 18.1 Å². The maximum Gasteiger partial charge on any atom is 0.212 e. The fraction of sp³-hybridized carbons (Fsp3) is 0.364. The fourth-order valence-electron chi connectivity index (χ4n) is 1.56. The van der Waals surface area contributed by atoms with Gasteiger partial charge in [-0.2, -0.15) is 4.80 Å². The Kier molecular flexibility index (Phi) is 4.44. The van der Waals surface area contributed by atoms with Crippen LogP contribution >= 0.6 is 23.2 Å². The van der Waals surface area contributed by atoms with Crippen molar-refractivity contribution in [3.63, 3.8) is 0 Å². The zero-order valence-corrected chi connectivity index (χ0v) is 11.9. The van der Waals surface area contributed by atoms with Crippen LogP contribution in [0.15, 0.2) is 12.1 Å². The lowest BCUT2D eigenvalue weighted by Gasteiger charge is -2.13. The van der Waals surface area contributed by atoms with Gasteiger partial charge in [0.05, 0.1) is 20.0 Å². The minimum atomic E-state index is 0.176. The molecule has 0 radical (unpaired) electrons. The molecule has 0 aliphatic heterocycles. The smallest absolute Gasteiger partial charge is 0.212 e. The molecule has 0 fully saturated rings. The maximum atomic E-state index is 5.97. The Morgan fingerprint density at radius 1 is 1.37 bits per heavy atom. The molecule has 19 heavy (non-hydrogen) atoms. The third-order valence-corrected chi connectivity index (χ3v) is 2.86. The van der Waals surface area contributed by atoms with Crippen LogP contribution in [0.4, 0.5) is 0 Å². The minimum Gasteiger partial charge on any atom is -0.493 e. The van der Waals surface area contributed by atoms with Crippen molar-refractivity contribution in [1.82, 2.24) is 20.2 Å². The quantitative estimate of drug-likeness (QED) is 0.792. The van der Waals surface area contributed by atoms with E-state index in [1.54, 1.807) is 19.2 Å². The largest absolute Gasteiger partial charge is 0.493 e. The number of hydrogen-bond donors (Lipinski definition) is 0. The van der Waals surface area contributed by atoms with E-state index in [0.29, 0.717) is 22.3 Å². The predicted molar refractivity (Wildman–Crippen MR) is 70.7 cm³/mol. The van der Waals surface area contributed by atoms with Gasteiger partial charge < -0.3 is 9.47 Å². The van der Waals surface area contributed by atoms with E-state index in [4.69, 9.17) is 32.7 Å². The van der Waals surface area contributed by atoms with Gasteiger partial charge in [-0.25, -0.2) is 0 Å². The summed E-state index contributed by atoms with van der Waals surface area (Å²) in [4.78, 5) is 1.36. The molecule has 0 saturated carbocycles. The molecule has 1 aromatic carbocycles. The monoisotopic (exact) mass is 302 g/mol. The Hall–Kier alpha value is -1.53. The number of halogens is 2. The molecular weight excluding hydrogens is 291 g/mol. The summed E-state index contributed by atoms with van der Waals surface area (Å²) in [5, 5.41) is 12.1. The molecule has 0 amide bonds. The van der Waals surface area contributed by atoms with E-state index in [-0.39, 0.29) is 12.5 Å². The van der Waals surface area contributed by atoms with Crippen molar-refractivity contribution in [1.29, 1.82) is 0 Å². The third kappa shape index (κ3) is 3.27.